The van der Waals surface area contributed by atoms with E-state index in [9.17, 15) is 0 Å². The van der Waals surface area contributed by atoms with E-state index in [1.54, 1.807) is 0 Å². The van der Waals surface area contributed by atoms with Gasteiger partial charge in [-0.05, 0) is 35.7 Å². The van der Waals surface area contributed by atoms with Crippen molar-refractivity contribution in [1.29, 1.82) is 0 Å². The molecule has 0 unspecified atom stereocenters. The van der Waals surface area contributed by atoms with Gasteiger partial charge in [0.2, 0.25) is 0 Å². The average Bonchev–Trinajstić information content (AvgIpc) is 2.35. The molecular weight excluding hydrogens is 260 g/mol. The second-order valence-corrected chi connectivity index (χ2v) is 12.8. The Morgan fingerprint density at radius 2 is 1.55 bits per heavy atom. The summed E-state index contributed by atoms with van der Waals surface area (Å²) < 4.78 is 6.45. The quantitative estimate of drug-likeness (QED) is 0.647. The highest BCUT2D eigenvalue weighted by atomic mass is 28.4. The zero-order valence-electron chi connectivity index (χ0n) is 14.6. The van der Waals surface area contributed by atoms with Crippen LogP contribution >= 0.6 is 0 Å². The predicted molar refractivity (Wildman–Crippen MR) is 92.0 cm³/mol. The molecule has 0 heterocycles. The number of hydrogen-bond donors (Lipinski definition) is 0. The SMILES string of the molecule is CCc1ccccc1C(C)(C)CO[Si](C)(C)C(C)(C)C. The van der Waals surface area contributed by atoms with E-state index < -0.39 is 8.32 Å². The fraction of sp³-hybridized carbons (Fsp3) is 0.667. The third kappa shape index (κ3) is 3.95. The van der Waals surface area contributed by atoms with Crippen LogP contribution in [0.3, 0.4) is 0 Å². The molecule has 0 N–H and O–H groups in total. The Morgan fingerprint density at radius 3 is 2.05 bits per heavy atom. The molecule has 0 atom stereocenters. The highest BCUT2D eigenvalue weighted by Crippen LogP contribution is 2.38. The van der Waals surface area contributed by atoms with Crippen molar-refractivity contribution in [2.24, 2.45) is 0 Å². The summed E-state index contributed by atoms with van der Waals surface area (Å²) in [5.41, 5.74) is 2.94. The van der Waals surface area contributed by atoms with E-state index in [4.69, 9.17) is 4.43 Å². The van der Waals surface area contributed by atoms with Gasteiger partial charge in [0.1, 0.15) is 0 Å². The molecule has 0 aliphatic rings. The first-order chi connectivity index (χ1) is 9.01. The second kappa shape index (κ2) is 6.03. The maximum atomic E-state index is 6.45. The molecule has 1 rings (SSSR count). The summed E-state index contributed by atoms with van der Waals surface area (Å²) in [6, 6.07) is 8.77. The molecule has 0 saturated heterocycles. The summed E-state index contributed by atoms with van der Waals surface area (Å²) in [6.45, 7) is 19.2. The normalized spacial score (nSPS) is 13.6. The fourth-order valence-electron chi connectivity index (χ4n) is 2.14. The lowest BCUT2D eigenvalue weighted by atomic mass is 9.82. The van der Waals surface area contributed by atoms with Gasteiger partial charge in [0.15, 0.2) is 8.32 Å². The molecule has 20 heavy (non-hydrogen) atoms. The standard InChI is InChI=1S/C18H32OSi/c1-9-15-12-10-11-13-16(15)18(5,6)14-19-20(7,8)17(2,3)4/h10-13H,9,14H2,1-8H3. The van der Waals surface area contributed by atoms with Crippen molar-refractivity contribution < 1.29 is 4.43 Å². The van der Waals surface area contributed by atoms with Gasteiger partial charge in [-0.2, -0.15) is 0 Å². The van der Waals surface area contributed by atoms with Crippen molar-refractivity contribution >= 4 is 8.32 Å². The van der Waals surface area contributed by atoms with Crippen LogP contribution in [0.15, 0.2) is 24.3 Å². The summed E-state index contributed by atoms with van der Waals surface area (Å²) in [5, 5.41) is 0.271. The summed E-state index contributed by atoms with van der Waals surface area (Å²) in [4.78, 5) is 0. The average molecular weight is 293 g/mol. The Hall–Kier alpha value is -0.603. The zero-order chi connectivity index (χ0) is 15.6. The Balaban J connectivity index is 2.91. The van der Waals surface area contributed by atoms with Crippen LogP contribution in [-0.4, -0.2) is 14.9 Å². The summed E-state index contributed by atoms with van der Waals surface area (Å²) in [5.74, 6) is 0. The largest absolute Gasteiger partial charge is 0.416 e. The van der Waals surface area contributed by atoms with E-state index in [2.05, 4.69) is 78.9 Å². The minimum absolute atomic E-state index is 0.0716. The Kier molecular flexibility index (Phi) is 5.26. The number of rotatable bonds is 5. The highest BCUT2D eigenvalue weighted by molar-refractivity contribution is 6.74. The van der Waals surface area contributed by atoms with Crippen LogP contribution in [0.1, 0.15) is 52.7 Å². The van der Waals surface area contributed by atoms with Gasteiger partial charge in [-0.1, -0.05) is 65.8 Å². The molecular formula is C18H32OSi. The fourth-order valence-corrected chi connectivity index (χ4v) is 3.30. The molecule has 2 heteroatoms. The monoisotopic (exact) mass is 292 g/mol. The second-order valence-electron chi connectivity index (χ2n) is 7.94. The Morgan fingerprint density at radius 1 is 1.00 bits per heavy atom. The first-order valence-corrected chi connectivity index (χ1v) is 10.6. The van der Waals surface area contributed by atoms with Crippen LogP contribution < -0.4 is 0 Å². The van der Waals surface area contributed by atoms with Crippen LogP contribution in [0, 0.1) is 0 Å². The topological polar surface area (TPSA) is 9.23 Å². The molecule has 0 amide bonds. The Labute approximate surface area is 126 Å². The zero-order valence-corrected chi connectivity index (χ0v) is 15.6. The van der Waals surface area contributed by atoms with E-state index >= 15 is 0 Å². The highest BCUT2D eigenvalue weighted by Gasteiger charge is 2.38. The molecule has 0 bridgehead atoms. The molecule has 0 radical (unpaired) electrons. The van der Waals surface area contributed by atoms with Crippen molar-refractivity contribution in [3.8, 4) is 0 Å². The summed E-state index contributed by atoms with van der Waals surface area (Å²) in [7, 11) is -1.68. The van der Waals surface area contributed by atoms with Crippen molar-refractivity contribution in [2.45, 2.75) is 71.5 Å². The van der Waals surface area contributed by atoms with Gasteiger partial charge < -0.3 is 4.43 Å². The van der Waals surface area contributed by atoms with Gasteiger partial charge in [0, 0.05) is 12.0 Å². The van der Waals surface area contributed by atoms with Crippen LogP contribution in [0.25, 0.3) is 0 Å². The third-order valence-corrected chi connectivity index (χ3v) is 9.21. The minimum atomic E-state index is -1.68. The van der Waals surface area contributed by atoms with Crippen molar-refractivity contribution in [3.63, 3.8) is 0 Å². The van der Waals surface area contributed by atoms with E-state index in [1.807, 2.05) is 0 Å². The minimum Gasteiger partial charge on any atom is -0.416 e. The van der Waals surface area contributed by atoms with Crippen LogP contribution in [0.5, 0.6) is 0 Å². The van der Waals surface area contributed by atoms with E-state index in [1.165, 1.54) is 11.1 Å². The molecule has 0 spiro atoms. The van der Waals surface area contributed by atoms with Crippen LogP contribution in [0.2, 0.25) is 18.1 Å². The number of benzene rings is 1. The lowest BCUT2D eigenvalue weighted by molar-refractivity contribution is 0.219. The summed E-state index contributed by atoms with van der Waals surface area (Å²) >= 11 is 0. The van der Waals surface area contributed by atoms with E-state index in [0.717, 1.165) is 13.0 Å². The smallest absolute Gasteiger partial charge is 0.192 e. The van der Waals surface area contributed by atoms with Gasteiger partial charge in [-0.3, -0.25) is 0 Å². The molecule has 0 aliphatic carbocycles. The molecule has 1 aromatic carbocycles. The predicted octanol–water partition coefficient (Wildman–Crippen LogP) is 5.55. The lowest BCUT2D eigenvalue weighted by Gasteiger charge is -2.39. The van der Waals surface area contributed by atoms with Crippen molar-refractivity contribution in [2.75, 3.05) is 6.61 Å². The maximum Gasteiger partial charge on any atom is 0.192 e. The van der Waals surface area contributed by atoms with Crippen LogP contribution in [-0.2, 0) is 16.3 Å². The third-order valence-electron chi connectivity index (χ3n) is 4.73. The van der Waals surface area contributed by atoms with E-state index in [-0.39, 0.29) is 10.5 Å². The van der Waals surface area contributed by atoms with Gasteiger partial charge in [-0.25, -0.2) is 0 Å². The molecule has 1 aromatic rings. The van der Waals surface area contributed by atoms with Gasteiger partial charge in [0.25, 0.3) is 0 Å². The molecule has 0 fully saturated rings. The Bertz CT molecular complexity index is 441. The van der Waals surface area contributed by atoms with Gasteiger partial charge >= 0.3 is 0 Å². The number of hydrogen-bond acceptors (Lipinski definition) is 1. The molecule has 1 nitrogen and oxygen atoms in total. The van der Waals surface area contributed by atoms with Gasteiger partial charge in [-0.15, -0.1) is 0 Å². The summed E-state index contributed by atoms with van der Waals surface area (Å²) in [6.07, 6.45) is 1.08. The first kappa shape index (κ1) is 17.4. The molecule has 0 aliphatic heterocycles. The molecule has 0 aromatic heterocycles. The van der Waals surface area contributed by atoms with Crippen molar-refractivity contribution in [1.82, 2.24) is 0 Å². The maximum absolute atomic E-state index is 6.45. The molecule has 0 saturated carbocycles. The van der Waals surface area contributed by atoms with Crippen molar-refractivity contribution in [3.05, 3.63) is 35.4 Å². The molecule has 114 valence electrons. The van der Waals surface area contributed by atoms with Gasteiger partial charge in [0.05, 0.1) is 0 Å². The van der Waals surface area contributed by atoms with E-state index in [0.29, 0.717) is 0 Å². The first-order valence-electron chi connectivity index (χ1n) is 7.73. The lowest BCUT2D eigenvalue weighted by Crippen LogP contribution is -2.44. The van der Waals surface area contributed by atoms with Crippen LogP contribution in [0.4, 0.5) is 0 Å². The number of aryl methyl sites for hydroxylation is 1.